The van der Waals surface area contributed by atoms with Crippen LogP contribution in [0.4, 0.5) is 0 Å². The molecule has 1 saturated carbocycles. The summed E-state index contributed by atoms with van der Waals surface area (Å²) >= 11 is 0. The van der Waals surface area contributed by atoms with E-state index in [0.29, 0.717) is 0 Å². The van der Waals surface area contributed by atoms with Crippen molar-refractivity contribution in [2.24, 2.45) is 17.8 Å². The molecule has 1 heteroatoms. The standard InChI is InChI=1S/C14H24O.C4H10.C2H6/c1-9-6-7-13-12(8-9)10(2)11(3)15-14(13,4)5;1-3-4-2;1-2/h9,12-13H,6-8H2,1-5H3;3-4H2,1-2H3;1-2H3/t9-,12+,13-;;/m0../s1. The minimum Gasteiger partial charge on any atom is -0.492 e. The summed E-state index contributed by atoms with van der Waals surface area (Å²) in [6.07, 6.45) is 6.71. The van der Waals surface area contributed by atoms with Crippen molar-refractivity contribution in [3.05, 3.63) is 11.3 Å². The van der Waals surface area contributed by atoms with E-state index >= 15 is 0 Å². The predicted molar refractivity (Wildman–Crippen MR) is 95.5 cm³/mol. The third kappa shape index (κ3) is 5.68. The van der Waals surface area contributed by atoms with Gasteiger partial charge in [-0.25, -0.2) is 0 Å². The van der Waals surface area contributed by atoms with Gasteiger partial charge in [-0.15, -0.1) is 0 Å². The Hall–Kier alpha value is -0.460. The molecule has 1 heterocycles. The largest absolute Gasteiger partial charge is 0.492 e. The van der Waals surface area contributed by atoms with Crippen molar-refractivity contribution in [3.8, 4) is 0 Å². The second-order valence-corrected chi connectivity index (χ2v) is 7.08. The summed E-state index contributed by atoms with van der Waals surface area (Å²) in [6, 6.07) is 0. The van der Waals surface area contributed by atoms with Crippen LogP contribution >= 0.6 is 0 Å². The lowest BCUT2D eigenvalue weighted by Gasteiger charge is -2.48. The van der Waals surface area contributed by atoms with E-state index < -0.39 is 0 Å². The van der Waals surface area contributed by atoms with Gasteiger partial charge in [0.2, 0.25) is 0 Å². The molecule has 0 amide bonds. The van der Waals surface area contributed by atoms with Crippen molar-refractivity contribution >= 4 is 0 Å². The fourth-order valence-corrected chi connectivity index (χ4v) is 3.50. The van der Waals surface area contributed by atoms with Gasteiger partial charge in [-0.3, -0.25) is 0 Å². The SMILES string of the molecule is CC.CC1=C(C)[C@H]2C[C@@H](C)CC[C@@H]2C(C)(C)O1.CCCC. The van der Waals surface area contributed by atoms with E-state index in [1.807, 2.05) is 13.8 Å². The van der Waals surface area contributed by atoms with E-state index in [-0.39, 0.29) is 5.60 Å². The van der Waals surface area contributed by atoms with Gasteiger partial charge in [0.1, 0.15) is 5.60 Å². The van der Waals surface area contributed by atoms with Crippen molar-refractivity contribution in [1.29, 1.82) is 0 Å². The highest BCUT2D eigenvalue weighted by molar-refractivity contribution is 5.17. The van der Waals surface area contributed by atoms with Gasteiger partial charge in [-0.1, -0.05) is 53.9 Å². The summed E-state index contributed by atoms with van der Waals surface area (Å²) in [5.41, 5.74) is 1.56. The number of hydrogen-bond donors (Lipinski definition) is 0. The smallest absolute Gasteiger partial charge is 0.106 e. The molecule has 0 unspecified atom stereocenters. The second kappa shape index (κ2) is 9.54. The molecule has 0 N–H and O–H groups in total. The third-order valence-electron chi connectivity index (χ3n) is 5.03. The first-order chi connectivity index (χ1) is 9.83. The van der Waals surface area contributed by atoms with Crippen LogP contribution in [0.3, 0.4) is 0 Å². The van der Waals surface area contributed by atoms with Crippen LogP contribution in [0.1, 0.15) is 94.4 Å². The Bertz CT molecular complexity index is 312. The Labute approximate surface area is 134 Å². The van der Waals surface area contributed by atoms with Crippen LogP contribution in [0.2, 0.25) is 0 Å². The maximum atomic E-state index is 6.07. The van der Waals surface area contributed by atoms with E-state index in [2.05, 4.69) is 48.5 Å². The molecule has 0 spiro atoms. The first-order valence-corrected chi connectivity index (χ1v) is 9.19. The van der Waals surface area contributed by atoms with E-state index in [0.717, 1.165) is 17.8 Å². The van der Waals surface area contributed by atoms with Gasteiger partial charge >= 0.3 is 0 Å². The molecular weight excluding hydrogens is 256 g/mol. The van der Waals surface area contributed by atoms with Crippen LogP contribution in [0.5, 0.6) is 0 Å². The highest BCUT2D eigenvalue weighted by atomic mass is 16.5. The van der Waals surface area contributed by atoms with Crippen LogP contribution in [0.15, 0.2) is 11.3 Å². The third-order valence-corrected chi connectivity index (χ3v) is 5.03. The monoisotopic (exact) mass is 296 g/mol. The van der Waals surface area contributed by atoms with Crippen molar-refractivity contribution in [3.63, 3.8) is 0 Å². The lowest BCUT2D eigenvalue weighted by Crippen LogP contribution is -2.45. The molecule has 21 heavy (non-hydrogen) atoms. The molecule has 0 bridgehead atoms. The fourth-order valence-electron chi connectivity index (χ4n) is 3.50. The summed E-state index contributed by atoms with van der Waals surface area (Å²) in [7, 11) is 0. The molecule has 1 aliphatic carbocycles. The van der Waals surface area contributed by atoms with E-state index in [9.17, 15) is 0 Å². The summed E-state index contributed by atoms with van der Waals surface area (Å²) in [5, 5.41) is 0. The van der Waals surface area contributed by atoms with Gasteiger partial charge in [0.05, 0.1) is 5.76 Å². The summed E-state index contributed by atoms with van der Waals surface area (Å²) in [6.45, 7) is 19.7. The molecule has 0 aromatic carbocycles. The molecule has 0 aromatic heterocycles. The molecular formula is C20H40O. The van der Waals surface area contributed by atoms with Crippen LogP contribution in [0, 0.1) is 17.8 Å². The Morgan fingerprint density at radius 3 is 2.05 bits per heavy atom. The molecule has 1 fully saturated rings. The average molecular weight is 297 g/mol. The van der Waals surface area contributed by atoms with Gasteiger partial charge in [0, 0.05) is 5.92 Å². The molecule has 2 rings (SSSR count). The number of rotatable bonds is 1. The van der Waals surface area contributed by atoms with Crippen molar-refractivity contribution in [2.45, 2.75) is 100 Å². The Kier molecular flexibility index (Phi) is 9.33. The topological polar surface area (TPSA) is 9.23 Å². The first kappa shape index (κ1) is 20.5. The number of unbranched alkanes of at least 4 members (excludes halogenated alkanes) is 1. The number of hydrogen-bond acceptors (Lipinski definition) is 1. The first-order valence-electron chi connectivity index (χ1n) is 9.19. The molecule has 0 radical (unpaired) electrons. The van der Waals surface area contributed by atoms with Gasteiger partial charge in [0.15, 0.2) is 0 Å². The minimum atomic E-state index is 0.0500. The van der Waals surface area contributed by atoms with Crippen molar-refractivity contribution in [2.75, 3.05) is 0 Å². The second-order valence-electron chi connectivity index (χ2n) is 7.08. The normalized spacial score (nSPS) is 30.0. The van der Waals surface area contributed by atoms with E-state index in [1.54, 1.807) is 0 Å². The maximum absolute atomic E-state index is 6.07. The summed E-state index contributed by atoms with van der Waals surface area (Å²) < 4.78 is 6.07. The molecule has 1 nitrogen and oxygen atoms in total. The van der Waals surface area contributed by atoms with Crippen molar-refractivity contribution < 1.29 is 4.74 Å². The van der Waals surface area contributed by atoms with Crippen molar-refractivity contribution in [1.82, 2.24) is 0 Å². The quantitative estimate of drug-likeness (QED) is 0.507. The lowest BCUT2D eigenvalue weighted by atomic mass is 9.64. The minimum absolute atomic E-state index is 0.0500. The number of ether oxygens (including phenoxy) is 1. The van der Waals surface area contributed by atoms with E-state index in [4.69, 9.17) is 4.74 Å². The molecule has 126 valence electrons. The Morgan fingerprint density at radius 2 is 1.57 bits per heavy atom. The molecule has 2 aliphatic rings. The average Bonchev–Trinajstić information content (AvgIpc) is 2.46. The lowest BCUT2D eigenvalue weighted by molar-refractivity contribution is -0.0725. The highest BCUT2D eigenvalue weighted by Crippen LogP contribution is 2.48. The zero-order chi connectivity index (χ0) is 16.6. The van der Waals surface area contributed by atoms with Gasteiger partial charge in [-0.2, -0.15) is 0 Å². The summed E-state index contributed by atoms with van der Waals surface area (Å²) in [4.78, 5) is 0. The number of allylic oxidation sites excluding steroid dienone is 2. The predicted octanol–water partition coefficient (Wildman–Crippen LogP) is 6.97. The van der Waals surface area contributed by atoms with Crippen LogP contribution < -0.4 is 0 Å². The molecule has 0 saturated heterocycles. The highest BCUT2D eigenvalue weighted by Gasteiger charge is 2.44. The van der Waals surface area contributed by atoms with Crippen LogP contribution in [-0.2, 0) is 4.74 Å². The summed E-state index contributed by atoms with van der Waals surface area (Å²) in [5.74, 6) is 3.58. The molecule has 3 atom stereocenters. The zero-order valence-corrected chi connectivity index (χ0v) is 16.2. The van der Waals surface area contributed by atoms with Gasteiger partial charge in [-0.05, 0) is 57.9 Å². The number of fused-ring (bicyclic) bond motifs is 1. The maximum Gasteiger partial charge on any atom is 0.106 e. The Balaban J connectivity index is 0.000000579. The van der Waals surface area contributed by atoms with Gasteiger partial charge < -0.3 is 4.74 Å². The fraction of sp³-hybridized carbons (Fsp3) is 0.900. The Morgan fingerprint density at radius 1 is 1.05 bits per heavy atom. The zero-order valence-electron chi connectivity index (χ0n) is 16.2. The van der Waals surface area contributed by atoms with Crippen LogP contribution in [-0.4, -0.2) is 5.60 Å². The van der Waals surface area contributed by atoms with Crippen LogP contribution in [0.25, 0.3) is 0 Å². The van der Waals surface area contributed by atoms with Gasteiger partial charge in [0.25, 0.3) is 0 Å². The molecule has 1 aliphatic heterocycles. The molecule has 0 aromatic rings. The van der Waals surface area contributed by atoms with E-state index in [1.165, 1.54) is 43.4 Å².